The van der Waals surface area contributed by atoms with Gasteiger partial charge in [-0.05, 0) is 17.7 Å². The molecule has 2 rings (SSSR count). The van der Waals surface area contributed by atoms with Crippen molar-refractivity contribution in [3.05, 3.63) is 30.5 Å². The van der Waals surface area contributed by atoms with Gasteiger partial charge < -0.3 is 16.6 Å². The summed E-state index contributed by atoms with van der Waals surface area (Å²) in [6.45, 7) is 0.413. The Kier molecular flexibility index (Phi) is 2.78. The first-order valence-corrected chi connectivity index (χ1v) is 5.00. The van der Waals surface area contributed by atoms with Crippen molar-refractivity contribution in [2.24, 2.45) is 0 Å². The van der Waals surface area contributed by atoms with E-state index in [1.807, 2.05) is 24.3 Å². The van der Waals surface area contributed by atoms with Crippen LogP contribution in [0.25, 0.3) is 11.1 Å². The van der Waals surface area contributed by atoms with Crippen LogP contribution in [-0.2, 0) is 6.54 Å². The van der Waals surface area contributed by atoms with Gasteiger partial charge in [0.2, 0.25) is 0 Å². The Bertz CT molecular complexity index is 492. The van der Waals surface area contributed by atoms with Gasteiger partial charge in [-0.25, -0.2) is 4.68 Å². The molecule has 84 valence electrons. The third kappa shape index (κ3) is 1.85. The normalized spacial score (nSPS) is 10.6. The van der Waals surface area contributed by atoms with Crippen LogP contribution >= 0.6 is 0 Å². The predicted octanol–water partition coefficient (Wildman–Crippen LogP) is 0.707. The number of nitrogens with zero attached hydrogens (tertiary/aromatic N) is 2. The molecule has 0 bridgehead atoms. The Morgan fingerprint density at radius 3 is 2.81 bits per heavy atom. The van der Waals surface area contributed by atoms with Crippen LogP contribution in [0.5, 0.6) is 0 Å². The molecule has 0 radical (unpaired) electrons. The third-order valence-corrected chi connectivity index (χ3v) is 2.39. The summed E-state index contributed by atoms with van der Waals surface area (Å²) in [5.74, 6) is 0.541. The highest BCUT2D eigenvalue weighted by Crippen LogP contribution is 2.26. The van der Waals surface area contributed by atoms with Crippen LogP contribution in [-0.4, -0.2) is 21.5 Å². The zero-order valence-electron chi connectivity index (χ0n) is 8.80. The lowest BCUT2D eigenvalue weighted by Crippen LogP contribution is -2.07. The van der Waals surface area contributed by atoms with Gasteiger partial charge in [-0.15, -0.1) is 0 Å². The van der Waals surface area contributed by atoms with Crippen LogP contribution in [0.4, 0.5) is 11.5 Å². The molecule has 0 saturated carbocycles. The first kappa shape index (κ1) is 10.5. The van der Waals surface area contributed by atoms with Crippen molar-refractivity contribution in [2.75, 3.05) is 18.1 Å². The number of rotatable bonds is 3. The molecule has 0 fully saturated rings. The number of aromatic nitrogens is 2. The summed E-state index contributed by atoms with van der Waals surface area (Å²) in [5.41, 5.74) is 14.1. The minimum atomic E-state index is 0.0161. The van der Waals surface area contributed by atoms with Crippen LogP contribution in [0, 0.1) is 0 Å². The number of benzene rings is 1. The summed E-state index contributed by atoms with van der Waals surface area (Å²) in [4.78, 5) is 0. The first-order valence-electron chi connectivity index (χ1n) is 5.00. The van der Waals surface area contributed by atoms with Crippen LogP contribution in [0.1, 0.15) is 0 Å². The van der Waals surface area contributed by atoms with Crippen LogP contribution in [0.3, 0.4) is 0 Å². The highest BCUT2D eigenvalue weighted by molar-refractivity contribution is 5.75. The highest BCUT2D eigenvalue weighted by atomic mass is 16.3. The molecule has 0 aliphatic carbocycles. The van der Waals surface area contributed by atoms with Crippen molar-refractivity contribution >= 4 is 11.5 Å². The number of nitrogens with two attached hydrogens (primary N) is 2. The Morgan fingerprint density at radius 2 is 2.12 bits per heavy atom. The molecule has 5 nitrogen and oxygen atoms in total. The Morgan fingerprint density at radius 1 is 1.31 bits per heavy atom. The zero-order chi connectivity index (χ0) is 11.5. The molecule has 0 aliphatic rings. The quantitative estimate of drug-likeness (QED) is 0.662. The lowest BCUT2D eigenvalue weighted by atomic mass is 10.1. The smallest absolute Gasteiger partial charge is 0.129 e. The second kappa shape index (κ2) is 4.24. The Balaban J connectivity index is 2.41. The van der Waals surface area contributed by atoms with E-state index in [9.17, 15) is 0 Å². The third-order valence-electron chi connectivity index (χ3n) is 2.39. The molecule has 5 N–H and O–H groups in total. The van der Waals surface area contributed by atoms with E-state index in [-0.39, 0.29) is 6.61 Å². The SMILES string of the molecule is Nc1cccc(-c2cnn(CCO)c2N)c1. The van der Waals surface area contributed by atoms with Gasteiger partial charge in [0.1, 0.15) is 5.82 Å². The molecule has 0 saturated heterocycles. The van der Waals surface area contributed by atoms with Crippen molar-refractivity contribution in [2.45, 2.75) is 6.54 Å². The fourth-order valence-electron chi connectivity index (χ4n) is 1.60. The zero-order valence-corrected chi connectivity index (χ0v) is 8.80. The number of nitrogen functional groups attached to an aromatic ring is 2. The molecule has 2 aromatic rings. The fraction of sp³-hybridized carbons (Fsp3) is 0.182. The average Bonchev–Trinajstić information content (AvgIpc) is 2.61. The molecule has 16 heavy (non-hydrogen) atoms. The van der Waals surface area contributed by atoms with Gasteiger partial charge in [0.15, 0.2) is 0 Å². The molecule has 5 heteroatoms. The topological polar surface area (TPSA) is 90.1 Å². The second-order valence-electron chi connectivity index (χ2n) is 3.52. The van der Waals surface area contributed by atoms with E-state index < -0.39 is 0 Å². The van der Waals surface area contributed by atoms with Crippen molar-refractivity contribution < 1.29 is 5.11 Å². The van der Waals surface area contributed by atoms with Crippen molar-refractivity contribution in [3.8, 4) is 11.1 Å². The van der Waals surface area contributed by atoms with Gasteiger partial charge in [-0.3, -0.25) is 0 Å². The largest absolute Gasteiger partial charge is 0.399 e. The maximum atomic E-state index is 8.83. The van der Waals surface area contributed by atoms with Gasteiger partial charge in [-0.1, -0.05) is 12.1 Å². The summed E-state index contributed by atoms with van der Waals surface area (Å²) < 4.78 is 1.57. The van der Waals surface area contributed by atoms with Crippen LogP contribution in [0.15, 0.2) is 30.5 Å². The van der Waals surface area contributed by atoms with Gasteiger partial charge in [0.25, 0.3) is 0 Å². The number of aliphatic hydroxyl groups is 1. The van der Waals surface area contributed by atoms with Crippen molar-refractivity contribution in [1.29, 1.82) is 0 Å². The maximum Gasteiger partial charge on any atom is 0.129 e. The highest BCUT2D eigenvalue weighted by Gasteiger charge is 2.08. The summed E-state index contributed by atoms with van der Waals surface area (Å²) >= 11 is 0. The van der Waals surface area contributed by atoms with E-state index in [0.29, 0.717) is 18.1 Å². The maximum absolute atomic E-state index is 8.83. The number of hydrogen-bond donors (Lipinski definition) is 3. The monoisotopic (exact) mass is 218 g/mol. The molecule has 0 aliphatic heterocycles. The summed E-state index contributed by atoms with van der Waals surface area (Å²) in [7, 11) is 0. The minimum absolute atomic E-state index is 0.0161. The van der Waals surface area contributed by atoms with Gasteiger partial charge >= 0.3 is 0 Å². The average molecular weight is 218 g/mol. The van der Waals surface area contributed by atoms with E-state index >= 15 is 0 Å². The van der Waals surface area contributed by atoms with Gasteiger partial charge in [0, 0.05) is 11.3 Å². The van der Waals surface area contributed by atoms with Gasteiger partial charge in [-0.2, -0.15) is 5.10 Å². The van der Waals surface area contributed by atoms with Crippen LogP contribution in [0.2, 0.25) is 0 Å². The minimum Gasteiger partial charge on any atom is -0.399 e. The molecule has 0 amide bonds. The predicted molar refractivity (Wildman–Crippen MR) is 63.6 cm³/mol. The molecule has 0 atom stereocenters. The summed E-state index contributed by atoms with van der Waals surface area (Å²) in [6, 6.07) is 7.45. The lowest BCUT2D eigenvalue weighted by molar-refractivity contribution is 0.270. The Hall–Kier alpha value is -2.01. The molecule has 0 spiro atoms. The molecule has 0 unspecified atom stereocenters. The summed E-state index contributed by atoms with van der Waals surface area (Å²) in [5, 5.41) is 12.9. The molecule has 1 aromatic carbocycles. The van der Waals surface area contributed by atoms with E-state index in [0.717, 1.165) is 11.1 Å². The van der Waals surface area contributed by atoms with E-state index in [1.165, 1.54) is 0 Å². The number of aliphatic hydroxyl groups excluding tert-OH is 1. The number of anilines is 2. The molecule has 1 heterocycles. The fourth-order valence-corrected chi connectivity index (χ4v) is 1.60. The lowest BCUT2D eigenvalue weighted by Gasteiger charge is -2.04. The van der Waals surface area contributed by atoms with E-state index in [1.54, 1.807) is 10.9 Å². The standard InChI is InChI=1S/C11H14N4O/c12-9-3-1-2-8(6-9)10-7-14-15(4-5-16)11(10)13/h1-3,6-7,16H,4-5,12-13H2. The Labute approximate surface area is 93.3 Å². The van der Waals surface area contributed by atoms with Crippen LogP contribution < -0.4 is 11.5 Å². The molecular formula is C11H14N4O. The molecular weight excluding hydrogens is 204 g/mol. The second-order valence-corrected chi connectivity index (χ2v) is 3.52. The van der Waals surface area contributed by atoms with Gasteiger partial charge in [0.05, 0.1) is 19.3 Å². The van der Waals surface area contributed by atoms with E-state index in [4.69, 9.17) is 16.6 Å². The van der Waals surface area contributed by atoms with E-state index in [2.05, 4.69) is 5.10 Å². The van der Waals surface area contributed by atoms with Crippen molar-refractivity contribution in [3.63, 3.8) is 0 Å². The summed E-state index contributed by atoms with van der Waals surface area (Å²) in [6.07, 6.45) is 1.68. The van der Waals surface area contributed by atoms with Crippen molar-refractivity contribution in [1.82, 2.24) is 9.78 Å². The number of hydrogen-bond acceptors (Lipinski definition) is 4. The molecule has 1 aromatic heterocycles. The first-order chi connectivity index (χ1) is 7.72.